The smallest absolute Gasteiger partial charge is 0.478 e. The highest BCUT2D eigenvalue weighted by Crippen LogP contribution is 2.34. The van der Waals surface area contributed by atoms with Gasteiger partial charge in [-0.25, -0.2) is 4.79 Å². The zero-order valence-corrected chi connectivity index (χ0v) is 10.7. The minimum Gasteiger partial charge on any atom is -0.478 e. The molecule has 0 aliphatic rings. The number of carboxylic acids is 1. The highest BCUT2D eigenvalue weighted by Gasteiger charge is 2.49. The molecule has 1 N–H and O–H groups in total. The second kappa shape index (κ2) is 4.89. The SMILES string of the molecule is Cc1c(Cl)ccc(C(=O)O)c1OS(=O)(=O)C(F)(F)F. The van der Waals surface area contributed by atoms with Crippen LogP contribution in [0.2, 0.25) is 5.02 Å². The number of hydrogen-bond acceptors (Lipinski definition) is 4. The van der Waals surface area contributed by atoms with Crippen LogP contribution in [0.3, 0.4) is 0 Å². The number of halogens is 4. The Morgan fingerprint density at radius 3 is 2.32 bits per heavy atom. The quantitative estimate of drug-likeness (QED) is 0.684. The molecule has 0 heterocycles. The lowest BCUT2D eigenvalue weighted by molar-refractivity contribution is -0.0500. The molecule has 0 bridgehead atoms. The summed E-state index contributed by atoms with van der Waals surface area (Å²) in [5.41, 5.74) is -6.64. The topological polar surface area (TPSA) is 80.7 Å². The van der Waals surface area contributed by atoms with Crippen LogP contribution in [0.15, 0.2) is 12.1 Å². The third-order valence-corrected chi connectivity index (χ3v) is 3.41. The molecule has 0 unspecified atom stereocenters. The first-order valence-electron chi connectivity index (χ1n) is 4.50. The molecule has 1 rings (SSSR count). The maximum absolute atomic E-state index is 12.2. The van der Waals surface area contributed by atoms with Gasteiger partial charge in [0.1, 0.15) is 5.56 Å². The van der Waals surface area contributed by atoms with Crippen LogP contribution in [0.5, 0.6) is 5.75 Å². The Hall–Kier alpha value is -1.48. The second-order valence-electron chi connectivity index (χ2n) is 3.34. The molecule has 0 aliphatic heterocycles. The van der Waals surface area contributed by atoms with Gasteiger partial charge in [-0.1, -0.05) is 11.6 Å². The molecule has 0 fully saturated rings. The largest absolute Gasteiger partial charge is 0.534 e. The number of rotatable bonds is 3. The van der Waals surface area contributed by atoms with Gasteiger partial charge in [0, 0.05) is 10.6 Å². The van der Waals surface area contributed by atoms with Crippen LogP contribution in [-0.2, 0) is 10.1 Å². The Balaban J connectivity index is 3.44. The summed E-state index contributed by atoms with van der Waals surface area (Å²) in [5.74, 6) is -2.61. The van der Waals surface area contributed by atoms with Crippen LogP contribution in [0.25, 0.3) is 0 Å². The summed E-state index contributed by atoms with van der Waals surface area (Å²) < 4.78 is 62.2. The number of alkyl halides is 3. The van der Waals surface area contributed by atoms with Crippen molar-refractivity contribution in [2.75, 3.05) is 0 Å². The van der Waals surface area contributed by atoms with E-state index in [9.17, 15) is 26.4 Å². The highest BCUT2D eigenvalue weighted by molar-refractivity contribution is 7.88. The Kier molecular flexibility index (Phi) is 4.01. The van der Waals surface area contributed by atoms with E-state index in [-0.39, 0.29) is 10.6 Å². The van der Waals surface area contributed by atoms with Crippen LogP contribution in [0.1, 0.15) is 15.9 Å². The second-order valence-corrected chi connectivity index (χ2v) is 5.28. The molecule has 1 aromatic rings. The third kappa shape index (κ3) is 3.10. The van der Waals surface area contributed by atoms with Crippen molar-refractivity contribution in [3.63, 3.8) is 0 Å². The monoisotopic (exact) mass is 318 g/mol. The fourth-order valence-electron chi connectivity index (χ4n) is 1.10. The molecule has 0 amide bonds. The molecule has 0 aliphatic carbocycles. The Morgan fingerprint density at radius 2 is 1.89 bits per heavy atom. The number of aromatic carboxylic acids is 1. The van der Waals surface area contributed by atoms with Crippen molar-refractivity contribution in [2.24, 2.45) is 0 Å². The number of hydrogen-bond donors (Lipinski definition) is 1. The number of carboxylic acid groups (broad SMARTS) is 1. The molecule has 0 saturated heterocycles. The van der Waals surface area contributed by atoms with Gasteiger partial charge in [0.05, 0.1) is 0 Å². The first-order chi connectivity index (χ1) is 8.47. The van der Waals surface area contributed by atoms with E-state index >= 15 is 0 Å². The maximum atomic E-state index is 12.2. The first kappa shape index (κ1) is 15.6. The predicted molar refractivity (Wildman–Crippen MR) is 58.8 cm³/mol. The highest BCUT2D eigenvalue weighted by atomic mass is 35.5. The lowest BCUT2D eigenvalue weighted by atomic mass is 10.1. The molecule has 0 saturated carbocycles. The van der Waals surface area contributed by atoms with Gasteiger partial charge in [-0.2, -0.15) is 21.6 Å². The van der Waals surface area contributed by atoms with Gasteiger partial charge in [-0.3, -0.25) is 0 Å². The van der Waals surface area contributed by atoms with E-state index in [1.54, 1.807) is 0 Å². The van der Waals surface area contributed by atoms with Crippen molar-refractivity contribution in [1.82, 2.24) is 0 Å². The molecular weight excluding hydrogens is 313 g/mol. The van der Waals surface area contributed by atoms with E-state index in [1.807, 2.05) is 0 Å². The van der Waals surface area contributed by atoms with Gasteiger partial charge in [-0.15, -0.1) is 0 Å². The minimum absolute atomic E-state index is 0.127. The van der Waals surface area contributed by atoms with Gasteiger partial charge in [-0.05, 0) is 19.1 Å². The maximum Gasteiger partial charge on any atom is 0.534 e. The molecule has 106 valence electrons. The summed E-state index contributed by atoms with van der Waals surface area (Å²) >= 11 is 5.58. The van der Waals surface area contributed by atoms with E-state index in [1.165, 1.54) is 0 Å². The van der Waals surface area contributed by atoms with E-state index in [0.717, 1.165) is 19.1 Å². The van der Waals surface area contributed by atoms with Gasteiger partial charge >= 0.3 is 21.6 Å². The van der Waals surface area contributed by atoms with Crippen molar-refractivity contribution < 1.29 is 35.7 Å². The molecule has 0 aromatic heterocycles. The Labute approximate surface area is 110 Å². The zero-order chi connectivity index (χ0) is 15.0. The van der Waals surface area contributed by atoms with E-state index in [4.69, 9.17) is 16.7 Å². The summed E-state index contributed by atoms with van der Waals surface area (Å²) in [5, 5.41) is 8.65. The van der Waals surface area contributed by atoms with Gasteiger partial charge in [0.2, 0.25) is 0 Å². The molecule has 0 spiro atoms. The van der Waals surface area contributed by atoms with E-state index in [0.29, 0.717) is 0 Å². The fourth-order valence-corrected chi connectivity index (χ4v) is 1.78. The average Bonchev–Trinajstić information content (AvgIpc) is 2.22. The summed E-state index contributed by atoms with van der Waals surface area (Å²) in [6.45, 7) is 1.13. The minimum atomic E-state index is -5.97. The normalized spacial score (nSPS) is 12.3. The van der Waals surface area contributed by atoms with Gasteiger partial charge < -0.3 is 9.29 Å². The average molecular weight is 319 g/mol. The Morgan fingerprint density at radius 1 is 1.37 bits per heavy atom. The van der Waals surface area contributed by atoms with Crippen molar-refractivity contribution >= 4 is 27.7 Å². The van der Waals surface area contributed by atoms with E-state index in [2.05, 4.69) is 4.18 Å². The first-order valence-corrected chi connectivity index (χ1v) is 6.29. The fraction of sp³-hybridized carbons (Fsp3) is 0.222. The van der Waals surface area contributed by atoms with Gasteiger partial charge in [0.25, 0.3) is 0 Å². The summed E-state index contributed by atoms with van der Waals surface area (Å²) in [7, 11) is -5.97. The zero-order valence-electron chi connectivity index (χ0n) is 9.16. The molecule has 5 nitrogen and oxygen atoms in total. The summed E-state index contributed by atoms with van der Waals surface area (Å²) in [6, 6.07) is 1.95. The lowest BCUT2D eigenvalue weighted by Crippen LogP contribution is -2.29. The van der Waals surface area contributed by atoms with Crippen LogP contribution in [-0.4, -0.2) is 25.0 Å². The Bertz CT molecular complexity index is 623. The van der Waals surface area contributed by atoms with Crippen LogP contribution in [0, 0.1) is 6.92 Å². The summed E-state index contributed by atoms with van der Waals surface area (Å²) in [4.78, 5) is 10.8. The van der Waals surface area contributed by atoms with Crippen molar-refractivity contribution in [2.45, 2.75) is 12.4 Å². The van der Waals surface area contributed by atoms with Crippen molar-refractivity contribution in [3.8, 4) is 5.75 Å². The number of carbonyl (C=O) groups is 1. The molecular formula is C9H6ClF3O5S. The van der Waals surface area contributed by atoms with Crippen LogP contribution >= 0.6 is 11.6 Å². The van der Waals surface area contributed by atoms with Crippen molar-refractivity contribution in [3.05, 3.63) is 28.3 Å². The van der Waals surface area contributed by atoms with Crippen LogP contribution < -0.4 is 4.18 Å². The standard InChI is InChI=1S/C9H6ClF3O5S/c1-4-6(10)3-2-5(8(14)15)7(4)18-19(16,17)9(11,12)13/h2-3H,1H3,(H,14,15). The molecule has 1 aromatic carbocycles. The van der Waals surface area contributed by atoms with Crippen LogP contribution in [0.4, 0.5) is 13.2 Å². The third-order valence-electron chi connectivity index (χ3n) is 2.05. The van der Waals surface area contributed by atoms with Crippen molar-refractivity contribution in [1.29, 1.82) is 0 Å². The molecule has 19 heavy (non-hydrogen) atoms. The lowest BCUT2D eigenvalue weighted by Gasteiger charge is -2.14. The summed E-state index contributed by atoms with van der Waals surface area (Å²) in [6.07, 6.45) is 0. The van der Waals surface area contributed by atoms with Gasteiger partial charge in [0.15, 0.2) is 5.75 Å². The van der Waals surface area contributed by atoms with E-state index < -0.39 is 32.9 Å². The molecule has 0 atom stereocenters. The molecule has 0 radical (unpaired) electrons. The molecule has 10 heteroatoms. The number of benzene rings is 1. The predicted octanol–water partition coefficient (Wildman–Crippen LogP) is 2.58.